The van der Waals surface area contributed by atoms with Crippen LogP contribution in [-0.2, 0) is 17.7 Å². The van der Waals surface area contributed by atoms with Crippen molar-refractivity contribution in [2.24, 2.45) is 5.84 Å². The number of rotatable bonds is 4. The zero-order valence-corrected chi connectivity index (χ0v) is 13.1. The number of nitrogens with zero attached hydrogens (tertiary/aromatic N) is 2. The van der Waals surface area contributed by atoms with E-state index in [1.54, 1.807) is 12.1 Å². The van der Waals surface area contributed by atoms with Crippen LogP contribution in [0.1, 0.15) is 31.4 Å². The normalized spacial score (nSPS) is 17.2. The molecule has 116 valence electrons. The maximum absolute atomic E-state index is 8.77. The monoisotopic (exact) mass is 291 g/mol. The van der Waals surface area contributed by atoms with Crippen LogP contribution in [-0.4, -0.2) is 31.4 Å². The molecule has 0 fully saturated rings. The Morgan fingerprint density at radius 2 is 2.05 bits per heavy atom. The molecule has 0 amide bonds. The van der Waals surface area contributed by atoms with Crippen LogP contribution in [0.25, 0.3) is 0 Å². The van der Waals surface area contributed by atoms with Crippen LogP contribution in [0.3, 0.4) is 0 Å². The number of nitriles is 1. The van der Waals surface area contributed by atoms with Crippen LogP contribution in [0.4, 0.5) is 0 Å². The lowest BCUT2D eigenvalue weighted by Crippen LogP contribution is -2.44. The first kappa shape index (κ1) is 17.4. The topological polar surface area (TPSA) is 71.5 Å². The van der Waals surface area contributed by atoms with Gasteiger partial charge >= 0.3 is 0 Å². The number of hydrogen-bond donors (Lipinski definition) is 1. The van der Waals surface area contributed by atoms with E-state index in [0.29, 0.717) is 19.6 Å². The van der Waals surface area contributed by atoms with E-state index in [1.165, 1.54) is 11.1 Å². The predicted octanol–water partition coefficient (Wildman–Crippen LogP) is 2.25. The summed E-state index contributed by atoms with van der Waals surface area (Å²) < 4.78 is 10.0. The van der Waals surface area contributed by atoms with Crippen LogP contribution in [0.5, 0.6) is 5.75 Å². The molecule has 2 N–H and O–H groups in total. The summed E-state index contributed by atoms with van der Waals surface area (Å²) in [5, 5.41) is 10.5. The van der Waals surface area contributed by atoms with Gasteiger partial charge in [-0.2, -0.15) is 5.26 Å². The highest BCUT2D eigenvalue weighted by molar-refractivity contribution is 5.37. The highest BCUT2D eigenvalue weighted by Crippen LogP contribution is 2.26. The molecule has 0 bridgehead atoms. The second-order valence-corrected chi connectivity index (χ2v) is 4.83. The molecule has 5 heteroatoms. The Morgan fingerprint density at radius 3 is 2.62 bits per heavy atom. The van der Waals surface area contributed by atoms with E-state index in [0.717, 1.165) is 18.8 Å². The maximum atomic E-state index is 8.77. The highest BCUT2D eigenvalue weighted by atomic mass is 16.5. The summed E-state index contributed by atoms with van der Waals surface area (Å²) in [6.07, 6.45) is 1.29. The molecular weight excluding hydrogens is 266 g/mol. The van der Waals surface area contributed by atoms with Gasteiger partial charge in [0.15, 0.2) is 0 Å². The van der Waals surface area contributed by atoms with Crippen molar-refractivity contribution in [2.75, 3.05) is 20.3 Å². The van der Waals surface area contributed by atoms with Gasteiger partial charge in [-0.15, -0.1) is 0 Å². The number of methoxy groups -OCH3 is 1. The van der Waals surface area contributed by atoms with Gasteiger partial charge in [-0.1, -0.05) is 6.07 Å². The Kier molecular flexibility index (Phi) is 7.76. The zero-order valence-electron chi connectivity index (χ0n) is 13.1. The summed E-state index contributed by atoms with van der Waals surface area (Å²) >= 11 is 0. The first-order valence-corrected chi connectivity index (χ1v) is 7.28. The zero-order chi connectivity index (χ0) is 15.7. The van der Waals surface area contributed by atoms with Gasteiger partial charge in [0.2, 0.25) is 0 Å². The lowest BCUT2D eigenvalue weighted by atomic mass is 9.93. The number of nitrogens with two attached hydrogens (primary N) is 1. The standard InChI is InChI=1S/C13H17N3O.C3H8O/c1-2-17-13-4-3-10-9-16(15)12(5-6-14)7-11(10)8-13;1-3-4-2/h3-4,8,12H,2,5,7,9,15H2,1H3;3H2,1-2H3. The fraction of sp³-hybridized carbons (Fsp3) is 0.562. The lowest BCUT2D eigenvalue weighted by Gasteiger charge is -2.32. The molecule has 21 heavy (non-hydrogen) atoms. The summed E-state index contributed by atoms with van der Waals surface area (Å²) in [6, 6.07) is 8.40. The molecule has 1 aromatic rings. The summed E-state index contributed by atoms with van der Waals surface area (Å²) in [4.78, 5) is 0. The van der Waals surface area contributed by atoms with Crippen LogP contribution in [0, 0.1) is 11.3 Å². The summed E-state index contributed by atoms with van der Waals surface area (Å²) in [5.74, 6) is 6.82. The highest BCUT2D eigenvalue weighted by Gasteiger charge is 2.23. The molecular formula is C16H25N3O2. The minimum absolute atomic E-state index is 0.115. The molecule has 1 aromatic carbocycles. The molecule has 0 saturated heterocycles. The Hall–Kier alpha value is -1.61. The minimum atomic E-state index is 0.115. The second-order valence-electron chi connectivity index (χ2n) is 4.83. The molecule has 1 atom stereocenters. The average molecular weight is 291 g/mol. The van der Waals surface area contributed by atoms with Crippen molar-refractivity contribution >= 4 is 0 Å². The quantitative estimate of drug-likeness (QED) is 0.861. The van der Waals surface area contributed by atoms with E-state index in [4.69, 9.17) is 15.8 Å². The Bertz CT molecular complexity index is 469. The fourth-order valence-corrected chi connectivity index (χ4v) is 2.19. The van der Waals surface area contributed by atoms with E-state index in [2.05, 4.69) is 22.9 Å². The van der Waals surface area contributed by atoms with Crippen molar-refractivity contribution in [3.05, 3.63) is 29.3 Å². The molecule has 0 saturated carbocycles. The minimum Gasteiger partial charge on any atom is -0.494 e. The van der Waals surface area contributed by atoms with Crippen molar-refractivity contribution in [2.45, 2.75) is 39.3 Å². The van der Waals surface area contributed by atoms with Crippen molar-refractivity contribution in [1.82, 2.24) is 5.01 Å². The van der Waals surface area contributed by atoms with Gasteiger partial charge in [-0.25, -0.2) is 5.01 Å². The molecule has 2 rings (SSSR count). The van der Waals surface area contributed by atoms with Gasteiger partial charge < -0.3 is 9.47 Å². The summed E-state index contributed by atoms with van der Waals surface area (Å²) in [6.45, 7) is 6.12. The van der Waals surface area contributed by atoms with Crippen molar-refractivity contribution in [3.8, 4) is 11.8 Å². The van der Waals surface area contributed by atoms with Gasteiger partial charge in [0.1, 0.15) is 5.75 Å². The number of benzene rings is 1. The van der Waals surface area contributed by atoms with Gasteiger partial charge in [0, 0.05) is 26.3 Å². The molecule has 1 heterocycles. The van der Waals surface area contributed by atoms with Gasteiger partial charge in [0.25, 0.3) is 0 Å². The van der Waals surface area contributed by atoms with Gasteiger partial charge in [-0.05, 0) is 43.5 Å². The molecule has 0 radical (unpaired) electrons. The number of hydrogen-bond acceptors (Lipinski definition) is 5. The number of fused-ring (bicyclic) bond motifs is 1. The predicted molar refractivity (Wildman–Crippen MR) is 82.6 cm³/mol. The lowest BCUT2D eigenvalue weighted by molar-refractivity contribution is 0.177. The van der Waals surface area contributed by atoms with E-state index in [-0.39, 0.29) is 6.04 Å². The third-order valence-corrected chi connectivity index (χ3v) is 3.38. The Balaban J connectivity index is 0.000000491. The summed E-state index contributed by atoms with van der Waals surface area (Å²) in [7, 11) is 1.68. The molecule has 1 aliphatic rings. The molecule has 1 unspecified atom stereocenters. The maximum Gasteiger partial charge on any atom is 0.119 e. The molecule has 1 aliphatic heterocycles. The first-order chi connectivity index (χ1) is 10.2. The number of hydrazine groups is 1. The SMILES string of the molecule is CCOC.CCOc1ccc2c(c1)CC(CC#N)N(N)C2. The third kappa shape index (κ3) is 5.35. The van der Waals surface area contributed by atoms with Crippen molar-refractivity contribution in [3.63, 3.8) is 0 Å². The van der Waals surface area contributed by atoms with E-state index >= 15 is 0 Å². The average Bonchev–Trinajstić information content (AvgIpc) is 2.49. The second kappa shape index (κ2) is 9.35. The molecule has 5 nitrogen and oxygen atoms in total. The largest absolute Gasteiger partial charge is 0.494 e. The van der Waals surface area contributed by atoms with E-state index in [1.807, 2.05) is 19.9 Å². The van der Waals surface area contributed by atoms with Crippen LogP contribution >= 0.6 is 0 Å². The smallest absolute Gasteiger partial charge is 0.119 e. The molecule has 0 spiro atoms. The van der Waals surface area contributed by atoms with E-state index < -0.39 is 0 Å². The van der Waals surface area contributed by atoms with Crippen molar-refractivity contribution in [1.29, 1.82) is 5.26 Å². The number of ether oxygens (including phenoxy) is 2. The fourth-order valence-electron chi connectivity index (χ4n) is 2.19. The first-order valence-electron chi connectivity index (χ1n) is 7.28. The summed E-state index contributed by atoms with van der Waals surface area (Å²) in [5.41, 5.74) is 2.48. The molecule has 0 aromatic heterocycles. The van der Waals surface area contributed by atoms with E-state index in [9.17, 15) is 0 Å². The van der Waals surface area contributed by atoms with Crippen LogP contribution < -0.4 is 10.6 Å². The van der Waals surface area contributed by atoms with Gasteiger partial charge in [0.05, 0.1) is 19.1 Å². The Morgan fingerprint density at radius 1 is 1.33 bits per heavy atom. The van der Waals surface area contributed by atoms with Gasteiger partial charge in [-0.3, -0.25) is 5.84 Å². The van der Waals surface area contributed by atoms with Crippen LogP contribution in [0.2, 0.25) is 0 Å². The Labute approximate surface area is 127 Å². The van der Waals surface area contributed by atoms with Crippen LogP contribution in [0.15, 0.2) is 18.2 Å². The van der Waals surface area contributed by atoms with Crippen molar-refractivity contribution < 1.29 is 9.47 Å². The molecule has 0 aliphatic carbocycles. The third-order valence-electron chi connectivity index (χ3n) is 3.38.